The highest BCUT2D eigenvalue weighted by molar-refractivity contribution is 6.31. The van der Waals surface area contributed by atoms with Crippen LogP contribution >= 0.6 is 11.6 Å². The van der Waals surface area contributed by atoms with E-state index in [4.69, 9.17) is 16.3 Å². The van der Waals surface area contributed by atoms with Crippen molar-refractivity contribution >= 4 is 23.6 Å². The number of benzene rings is 1. The van der Waals surface area contributed by atoms with E-state index in [0.29, 0.717) is 24.5 Å². The van der Waals surface area contributed by atoms with Crippen molar-refractivity contribution in [1.29, 1.82) is 0 Å². The first kappa shape index (κ1) is 18.6. The number of carbonyl (C=O) groups excluding carboxylic acids is 2. The Kier molecular flexibility index (Phi) is 6.10. The molecule has 5 nitrogen and oxygen atoms in total. The molecular weight excluding hydrogens is 328 g/mol. The standard InChI is InChI=1S/C18H25ClN2O3/c1-18(2,3)24-17(23)21-11-7-6-10-15(21)16(22)20-12-13-8-4-5-9-14(13)19/h4-5,8-9,15H,6-7,10-12H2,1-3H3,(H,20,22)/t15-/m1/s1. The molecule has 24 heavy (non-hydrogen) atoms. The van der Waals surface area contributed by atoms with E-state index in [1.807, 2.05) is 39.0 Å². The summed E-state index contributed by atoms with van der Waals surface area (Å²) in [6.07, 6.45) is 2.02. The number of nitrogens with one attached hydrogen (secondary N) is 1. The molecule has 0 bridgehead atoms. The molecule has 0 spiro atoms. The number of amides is 2. The number of likely N-dealkylation sites (tertiary alicyclic amines) is 1. The first-order chi connectivity index (χ1) is 11.3. The highest BCUT2D eigenvalue weighted by Gasteiger charge is 2.34. The van der Waals surface area contributed by atoms with Crippen LogP contribution in [-0.4, -0.2) is 35.1 Å². The summed E-state index contributed by atoms with van der Waals surface area (Å²) < 4.78 is 5.43. The lowest BCUT2D eigenvalue weighted by Crippen LogP contribution is -2.53. The van der Waals surface area contributed by atoms with Gasteiger partial charge in [0.1, 0.15) is 11.6 Å². The Balaban J connectivity index is 2.00. The van der Waals surface area contributed by atoms with E-state index in [1.54, 1.807) is 6.07 Å². The largest absolute Gasteiger partial charge is 0.444 e. The Labute approximate surface area is 148 Å². The molecule has 1 fully saturated rings. The van der Waals surface area contributed by atoms with Crippen LogP contribution in [0.15, 0.2) is 24.3 Å². The van der Waals surface area contributed by atoms with Gasteiger partial charge in [0.25, 0.3) is 0 Å². The molecule has 1 aromatic rings. The van der Waals surface area contributed by atoms with Crippen molar-refractivity contribution in [1.82, 2.24) is 10.2 Å². The minimum absolute atomic E-state index is 0.166. The molecule has 1 N–H and O–H groups in total. The summed E-state index contributed by atoms with van der Waals surface area (Å²) in [5, 5.41) is 3.50. The van der Waals surface area contributed by atoms with Gasteiger partial charge in [0, 0.05) is 18.1 Å². The first-order valence-corrected chi connectivity index (χ1v) is 8.66. The Morgan fingerprint density at radius 2 is 2.00 bits per heavy atom. The van der Waals surface area contributed by atoms with Crippen LogP contribution in [-0.2, 0) is 16.1 Å². The molecule has 1 aliphatic heterocycles. The molecule has 2 amide bonds. The van der Waals surface area contributed by atoms with Gasteiger partial charge in [0.15, 0.2) is 0 Å². The summed E-state index contributed by atoms with van der Waals surface area (Å²) in [6, 6.07) is 6.89. The fourth-order valence-electron chi connectivity index (χ4n) is 2.69. The number of halogens is 1. The maximum absolute atomic E-state index is 12.6. The zero-order valence-corrected chi connectivity index (χ0v) is 15.2. The summed E-state index contributed by atoms with van der Waals surface area (Å²) in [7, 11) is 0. The maximum atomic E-state index is 12.6. The van der Waals surface area contributed by atoms with Gasteiger partial charge in [0.05, 0.1) is 0 Å². The van der Waals surface area contributed by atoms with Crippen LogP contribution < -0.4 is 5.32 Å². The van der Waals surface area contributed by atoms with Crippen molar-refractivity contribution < 1.29 is 14.3 Å². The van der Waals surface area contributed by atoms with Gasteiger partial charge >= 0.3 is 6.09 Å². The number of ether oxygens (including phenoxy) is 1. The van der Waals surface area contributed by atoms with Gasteiger partial charge in [-0.2, -0.15) is 0 Å². The Morgan fingerprint density at radius 3 is 2.67 bits per heavy atom. The summed E-state index contributed by atoms with van der Waals surface area (Å²) in [6.45, 7) is 6.35. The highest BCUT2D eigenvalue weighted by Crippen LogP contribution is 2.21. The second-order valence-corrected chi connectivity index (χ2v) is 7.40. The van der Waals surface area contributed by atoms with Crippen molar-refractivity contribution in [3.63, 3.8) is 0 Å². The van der Waals surface area contributed by atoms with Crippen LogP contribution in [0.25, 0.3) is 0 Å². The van der Waals surface area contributed by atoms with Crippen molar-refractivity contribution in [2.24, 2.45) is 0 Å². The quantitative estimate of drug-likeness (QED) is 0.901. The second kappa shape index (κ2) is 7.88. The zero-order valence-electron chi connectivity index (χ0n) is 14.5. The molecule has 0 radical (unpaired) electrons. The lowest BCUT2D eigenvalue weighted by atomic mass is 10.0. The fourth-order valence-corrected chi connectivity index (χ4v) is 2.89. The molecule has 0 aromatic heterocycles. The molecule has 1 aromatic carbocycles. The van der Waals surface area contributed by atoms with Crippen LogP contribution in [0.1, 0.15) is 45.6 Å². The van der Waals surface area contributed by atoms with Crippen LogP contribution in [0.3, 0.4) is 0 Å². The van der Waals surface area contributed by atoms with Crippen LogP contribution in [0.5, 0.6) is 0 Å². The van der Waals surface area contributed by atoms with E-state index < -0.39 is 17.7 Å². The summed E-state index contributed by atoms with van der Waals surface area (Å²) in [5.41, 5.74) is 0.278. The summed E-state index contributed by atoms with van der Waals surface area (Å²) in [5.74, 6) is -0.166. The summed E-state index contributed by atoms with van der Waals surface area (Å²) in [4.78, 5) is 26.5. The van der Waals surface area contributed by atoms with Crippen LogP contribution in [0, 0.1) is 0 Å². The molecule has 1 heterocycles. The number of piperidine rings is 1. The van der Waals surface area contributed by atoms with Crippen molar-refractivity contribution in [3.8, 4) is 0 Å². The minimum atomic E-state index is -0.576. The molecular formula is C18H25ClN2O3. The minimum Gasteiger partial charge on any atom is -0.444 e. The lowest BCUT2D eigenvalue weighted by molar-refractivity contribution is -0.127. The number of hydrogen-bond donors (Lipinski definition) is 1. The molecule has 132 valence electrons. The van der Waals surface area contributed by atoms with Crippen molar-refractivity contribution in [2.45, 2.75) is 58.2 Å². The van der Waals surface area contributed by atoms with E-state index in [2.05, 4.69) is 5.32 Å². The van der Waals surface area contributed by atoms with Crippen LogP contribution in [0.2, 0.25) is 5.02 Å². The van der Waals surface area contributed by atoms with Gasteiger partial charge in [0.2, 0.25) is 5.91 Å². The Hall–Kier alpha value is -1.75. The van der Waals surface area contributed by atoms with E-state index in [1.165, 1.54) is 4.90 Å². The number of rotatable bonds is 3. The molecule has 1 atom stereocenters. The molecule has 0 unspecified atom stereocenters. The predicted molar refractivity (Wildman–Crippen MR) is 93.9 cm³/mol. The Morgan fingerprint density at radius 1 is 1.29 bits per heavy atom. The van der Waals surface area contributed by atoms with Gasteiger partial charge < -0.3 is 10.1 Å². The molecule has 1 aliphatic rings. The van der Waals surface area contributed by atoms with Gasteiger partial charge in [-0.25, -0.2) is 4.79 Å². The third-order valence-electron chi connectivity index (χ3n) is 3.84. The molecule has 0 aliphatic carbocycles. The zero-order chi connectivity index (χ0) is 17.7. The molecule has 6 heteroatoms. The van der Waals surface area contributed by atoms with Gasteiger partial charge in [-0.3, -0.25) is 9.69 Å². The number of nitrogens with zero attached hydrogens (tertiary/aromatic N) is 1. The smallest absolute Gasteiger partial charge is 0.410 e. The fraction of sp³-hybridized carbons (Fsp3) is 0.556. The number of carbonyl (C=O) groups is 2. The average Bonchev–Trinajstić information content (AvgIpc) is 2.52. The maximum Gasteiger partial charge on any atom is 0.410 e. The topological polar surface area (TPSA) is 58.6 Å². The lowest BCUT2D eigenvalue weighted by Gasteiger charge is -2.35. The van der Waals surface area contributed by atoms with E-state index >= 15 is 0 Å². The molecule has 0 saturated carbocycles. The number of hydrogen-bond acceptors (Lipinski definition) is 3. The molecule has 1 saturated heterocycles. The van der Waals surface area contributed by atoms with Crippen LogP contribution in [0.4, 0.5) is 4.79 Å². The predicted octanol–water partition coefficient (Wildman–Crippen LogP) is 3.75. The second-order valence-electron chi connectivity index (χ2n) is 6.99. The first-order valence-electron chi connectivity index (χ1n) is 8.28. The van der Waals surface area contributed by atoms with E-state index in [0.717, 1.165) is 18.4 Å². The average molecular weight is 353 g/mol. The summed E-state index contributed by atoms with van der Waals surface area (Å²) >= 11 is 6.11. The SMILES string of the molecule is CC(C)(C)OC(=O)N1CCCC[C@@H]1C(=O)NCc1ccccc1Cl. The van der Waals surface area contributed by atoms with E-state index in [9.17, 15) is 9.59 Å². The van der Waals surface area contributed by atoms with Crippen molar-refractivity contribution in [2.75, 3.05) is 6.54 Å². The molecule has 2 rings (SSSR count). The highest BCUT2D eigenvalue weighted by atomic mass is 35.5. The van der Waals surface area contributed by atoms with Gasteiger partial charge in [-0.1, -0.05) is 29.8 Å². The van der Waals surface area contributed by atoms with Gasteiger partial charge in [-0.05, 0) is 51.7 Å². The monoisotopic (exact) mass is 352 g/mol. The van der Waals surface area contributed by atoms with E-state index in [-0.39, 0.29) is 5.91 Å². The third-order valence-corrected chi connectivity index (χ3v) is 4.21. The third kappa shape index (κ3) is 5.13. The van der Waals surface area contributed by atoms with Crippen molar-refractivity contribution in [3.05, 3.63) is 34.9 Å². The normalized spacial score (nSPS) is 18.2. The Bertz CT molecular complexity index is 598. The van der Waals surface area contributed by atoms with Gasteiger partial charge in [-0.15, -0.1) is 0 Å².